The van der Waals surface area contributed by atoms with Crippen molar-refractivity contribution in [3.05, 3.63) is 60.6 Å². The number of rotatable bonds is 1. The van der Waals surface area contributed by atoms with Crippen molar-refractivity contribution >= 4 is 33.8 Å². The molecule has 0 aliphatic rings. The van der Waals surface area contributed by atoms with Crippen molar-refractivity contribution in [2.45, 2.75) is 6.85 Å². The minimum absolute atomic E-state index is 0.263. The van der Waals surface area contributed by atoms with E-state index in [-0.39, 0.29) is 20.1 Å². The van der Waals surface area contributed by atoms with E-state index in [1.54, 1.807) is 12.3 Å². The second-order valence-corrected chi connectivity index (χ2v) is 6.86. The van der Waals surface area contributed by atoms with E-state index in [1.807, 2.05) is 18.3 Å². The average Bonchev–Trinajstić information content (AvgIpc) is 2.92. The van der Waals surface area contributed by atoms with E-state index in [0.717, 1.165) is 5.39 Å². The first-order valence-corrected chi connectivity index (χ1v) is 7.97. The maximum atomic E-state index is 7.71. The number of fused-ring (bicyclic) bond motifs is 3. The first kappa shape index (κ1) is 9.06. The van der Waals surface area contributed by atoms with E-state index in [4.69, 9.17) is 4.11 Å². The van der Waals surface area contributed by atoms with Crippen LogP contribution in [0, 0.1) is 6.85 Å². The van der Waals surface area contributed by atoms with Crippen molar-refractivity contribution in [2.24, 2.45) is 0 Å². The third kappa shape index (κ3) is 1.79. The molecule has 3 heterocycles. The summed E-state index contributed by atoms with van der Waals surface area (Å²) in [6.07, 6.45) is 4.97. The predicted octanol–water partition coefficient (Wildman–Crippen LogP) is 3.82. The van der Waals surface area contributed by atoms with Crippen LogP contribution >= 0.6 is 0 Å². The van der Waals surface area contributed by atoms with E-state index in [1.165, 1.54) is 20.1 Å². The summed E-state index contributed by atoms with van der Waals surface area (Å²) < 4.78 is 25.7. The summed E-state index contributed by atoms with van der Waals surface area (Å²) in [5, 5.41) is 2.39. The number of nitrogens with zero attached hydrogens (tertiary/aromatic N) is 2. The Kier molecular flexibility index (Phi) is 2.06. The van der Waals surface area contributed by atoms with Crippen LogP contribution in [0.3, 0.4) is 0 Å². The fourth-order valence-corrected chi connectivity index (χ4v) is 4.59. The Balaban J connectivity index is 1.99. The standard InChI is InChI=1S/C17H12N2Se/c1-11-6-7-18-9-14(11)15-8-13-12-4-2-3-5-16(12)20-17(13)10-19-15/h2-10H,1H3/i1D3. The molecule has 3 heteroatoms. The molecular weight excluding hydrogens is 311 g/mol. The van der Waals surface area contributed by atoms with Gasteiger partial charge in [-0.15, -0.1) is 0 Å². The Morgan fingerprint density at radius 2 is 2.00 bits per heavy atom. The number of benzene rings is 1. The van der Waals surface area contributed by atoms with Gasteiger partial charge in [0, 0.05) is 0 Å². The Labute approximate surface area is 127 Å². The van der Waals surface area contributed by atoms with Gasteiger partial charge >= 0.3 is 127 Å². The van der Waals surface area contributed by atoms with Gasteiger partial charge in [-0.2, -0.15) is 0 Å². The Bertz CT molecular complexity index is 1020. The molecule has 0 aliphatic heterocycles. The normalized spacial score (nSPS) is 14.1. The van der Waals surface area contributed by atoms with Crippen LogP contribution in [-0.4, -0.2) is 24.5 Å². The van der Waals surface area contributed by atoms with Crippen molar-refractivity contribution in [3.8, 4) is 11.3 Å². The van der Waals surface area contributed by atoms with Crippen LogP contribution in [0.2, 0.25) is 0 Å². The van der Waals surface area contributed by atoms with Gasteiger partial charge in [0.05, 0.1) is 0 Å². The molecule has 0 atom stereocenters. The number of aryl methyl sites for hydroxylation is 1. The van der Waals surface area contributed by atoms with Crippen LogP contribution in [0.15, 0.2) is 55.0 Å². The van der Waals surface area contributed by atoms with Crippen LogP contribution in [0.5, 0.6) is 0 Å². The van der Waals surface area contributed by atoms with Crippen molar-refractivity contribution < 1.29 is 4.11 Å². The summed E-state index contributed by atoms with van der Waals surface area (Å²) in [5.74, 6) is 0. The third-order valence-corrected chi connectivity index (χ3v) is 5.71. The van der Waals surface area contributed by atoms with E-state index in [0.29, 0.717) is 11.3 Å². The topological polar surface area (TPSA) is 25.8 Å². The minimum atomic E-state index is -2.18. The number of hydrogen-bond acceptors (Lipinski definition) is 2. The molecule has 0 spiro atoms. The first-order valence-electron chi connectivity index (χ1n) is 7.76. The monoisotopic (exact) mass is 327 g/mol. The summed E-state index contributed by atoms with van der Waals surface area (Å²) in [7, 11) is 0. The molecular formula is C17H12N2Se. The predicted molar refractivity (Wildman–Crippen MR) is 84.2 cm³/mol. The molecule has 0 fully saturated rings. The molecule has 0 aliphatic carbocycles. The van der Waals surface area contributed by atoms with Gasteiger partial charge in [0.1, 0.15) is 0 Å². The van der Waals surface area contributed by atoms with Crippen LogP contribution in [0.1, 0.15) is 9.68 Å². The zero-order chi connectivity index (χ0) is 16.0. The van der Waals surface area contributed by atoms with Crippen molar-refractivity contribution in [3.63, 3.8) is 0 Å². The zero-order valence-electron chi connectivity index (χ0n) is 13.5. The van der Waals surface area contributed by atoms with E-state index in [9.17, 15) is 0 Å². The Hall–Kier alpha value is -1.96. The molecule has 0 saturated heterocycles. The molecule has 0 saturated carbocycles. The third-order valence-electron chi connectivity index (χ3n) is 3.36. The molecule has 4 rings (SSSR count). The summed E-state index contributed by atoms with van der Waals surface area (Å²) in [6, 6.07) is 11.9. The SMILES string of the molecule is [2H]C([2H])([2H])c1ccncc1-c1cc2c(cn1)[se]c1ccccc12. The van der Waals surface area contributed by atoms with Crippen molar-refractivity contribution in [2.75, 3.05) is 0 Å². The molecule has 0 amide bonds. The van der Waals surface area contributed by atoms with Gasteiger partial charge in [0.15, 0.2) is 0 Å². The van der Waals surface area contributed by atoms with E-state index >= 15 is 0 Å². The quantitative estimate of drug-likeness (QED) is 0.497. The van der Waals surface area contributed by atoms with E-state index in [2.05, 4.69) is 28.2 Å². The van der Waals surface area contributed by atoms with Gasteiger partial charge in [-0.05, 0) is 0 Å². The molecule has 1 aromatic carbocycles. The van der Waals surface area contributed by atoms with Gasteiger partial charge in [0.2, 0.25) is 0 Å². The molecule has 3 aromatic heterocycles. The van der Waals surface area contributed by atoms with Crippen LogP contribution < -0.4 is 0 Å². The second-order valence-electron chi connectivity index (χ2n) is 4.59. The summed E-state index contributed by atoms with van der Waals surface area (Å²) in [5.41, 5.74) is 1.53. The van der Waals surface area contributed by atoms with Gasteiger partial charge < -0.3 is 0 Å². The van der Waals surface area contributed by atoms with Crippen LogP contribution in [0.4, 0.5) is 0 Å². The summed E-state index contributed by atoms with van der Waals surface area (Å²) in [4.78, 5) is 8.59. The molecule has 0 bridgehead atoms. The number of hydrogen-bond donors (Lipinski definition) is 0. The van der Waals surface area contributed by atoms with Gasteiger partial charge in [0.25, 0.3) is 0 Å². The summed E-state index contributed by atoms with van der Waals surface area (Å²) >= 11 is 0.263. The van der Waals surface area contributed by atoms with Crippen LogP contribution in [-0.2, 0) is 0 Å². The Morgan fingerprint density at radius 1 is 1.05 bits per heavy atom. The van der Waals surface area contributed by atoms with Gasteiger partial charge in [-0.1, -0.05) is 0 Å². The fourth-order valence-electron chi connectivity index (χ4n) is 2.38. The second kappa shape index (κ2) is 4.55. The van der Waals surface area contributed by atoms with Gasteiger partial charge in [-0.25, -0.2) is 0 Å². The van der Waals surface area contributed by atoms with Crippen molar-refractivity contribution in [1.29, 1.82) is 0 Å². The van der Waals surface area contributed by atoms with Crippen molar-refractivity contribution in [1.82, 2.24) is 9.97 Å². The molecule has 20 heavy (non-hydrogen) atoms. The molecule has 0 N–H and O–H groups in total. The molecule has 96 valence electrons. The molecule has 0 radical (unpaired) electrons. The fraction of sp³-hybridized carbons (Fsp3) is 0.0588. The number of pyridine rings is 2. The van der Waals surface area contributed by atoms with Crippen LogP contribution in [0.25, 0.3) is 30.6 Å². The Morgan fingerprint density at radius 3 is 2.95 bits per heavy atom. The molecule has 0 unspecified atom stereocenters. The number of aromatic nitrogens is 2. The zero-order valence-corrected chi connectivity index (χ0v) is 12.2. The first-order chi connectivity index (χ1) is 11.0. The summed E-state index contributed by atoms with van der Waals surface area (Å²) in [6.45, 7) is -2.18. The van der Waals surface area contributed by atoms with E-state index < -0.39 is 6.85 Å². The maximum absolute atomic E-state index is 7.71. The van der Waals surface area contributed by atoms with Gasteiger partial charge in [-0.3, -0.25) is 0 Å². The molecule has 4 aromatic rings. The molecule has 2 nitrogen and oxygen atoms in total. The average molecular weight is 326 g/mol.